The van der Waals surface area contributed by atoms with Gasteiger partial charge in [-0.2, -0.15) is 0 Å². The number of amides is 2. The van der Waals surface area contributed by atoms with Gasteiger partial charge >= 0.3 is 6.03 Å². The van der Waals surface area contributed by atoms with Gasteiger partial charge in [-0.15, -0.1) is 21.5 Å². The number of hydrogen-bond donors (Lipinski definition) is 1. The summed E-state index contributed by atoms with van der Waals surface area (Å²) >= 11 is 1.73. The van der Waals surface area contributed by atoms with E-state index in [1.807, 2.05) is 22.6 Å². The van der Waals surface area contributed by atoms with Crippen molar-refractivity contribution >= 4 is 17.4 Å². The summed E-state index contributed by atoms with van der Waals surface area (Å²) in [5.41, 5.74) is 0. The number of nitrogens with one attached hydrogen (secondary N) is 1. The van der Waals surface area contributed by atoms with Gasteiger partial charge in [-0.1, -0.05) is 6.07 Å². The third-order valence-electron chi connectivity index (χ3n) is 4.05. The van der Waals surface area contributed by atoms with E-state index >= 15 is 0 Å². The molecule has 1 atom stereocenters. The number of urea groups is 1. The van der Waals surface area contributed by atoms with Crippen LogP contribution in [0, 0.1) is 0 Å². The Morgan fingerprint density at radius 1 is 1.55 bits per heavy atom. The van der Waals surface area contributed by atoms with Crippen molar-refractivity contribution in [3.63, 3.8) is 0 Å². The van der Waals surface area contributed by atoms with Crippen LogP contribution in [0.4, 0.5) is 4.79 Å². The van der Waals surface area contributed by atoms with Crippen molar-refractivity contribution in [3.05, 3.63) is 34.5 Å². The molecule has 7 heteroatoms. The third kappa shape index (κ3) is 3.47. The average Bonchev–Trinajstić information content (AvgIpc) is 3.19. The minimum Gasteiger partial charge on any atom is -0.338 e. The number of aromatic nitrogens is 3. The highest BCUT2D eigenvalue weighted by molar-refractivity contribution is 7.09. The molecule has 0 spiro atoms. The summed E-state index contributed by atoms with van der Waals surface area (Å²) in [6.07, 6.45) is 4.68. The first-order chi connectivity index (χ1) is 10.7. The van der Waals surface area contributed by atoms with E-state index in [1.54, 1.807) is 17.7 Å². The number of nitrogens with zero attached hydrogens (tertiary/aromatic N) is 4. The second kappa shape index (κ2) is 6.91. The summed E-state index contributed by atoms with van der Waals surface area (Å²) < 4.78 is 1.95. The van der Waals surface area contributed by atoms with Crippen LogP contribution < -0.4 is 5.32 Å². The van der Waals surface area contributed by atoms with E-state index in [-0.39, 0.29) is 11.9 Å². The largest absolute Gasteiger partial charge is 0.338 e. The Kier molecular flexibility index (Phi) is 4.72. The number of carbonyl (C=O) groups excluding carboxylic acids is 1. The van der Waals surface area contributed by atoms with E-state index in [9.17, 15) is 4.79 Å². The zero-order valence-corrected chi connectivity index (χ0v) is 13.6. The first-order valence-corrected chi connectivity index (χ1v) is 8.51. The highest BCUT2D eigenvalue weighted by Gasteiger charge is 2.27. The Balaban J connectivity index is 1.51. The van der Waals surface area contributed by atoms with Gasteiger partial charge in [0, 0.05) is 37.5 Å². The second-order valence-electron chi connectivity index (χ2n) is 5.65. The molecule has 2 aromatic heterocycles. The van der Waals surface area contributed by atoms with Crippen LogP contribution in [-0.4, -0.2) is 45.3 Å². The van der Waals surface area contributed by atoms with E-state index in [4.69, 9.17) is 0 Å². The highest BCUT2D eigenvalue weighted by Crippen LogP contribution is 2.24. The van der Waals surface area contributed by atoms with Crippen molar-refractivity contribution in [2.75, 3.05) is 19.6 Å². The number of aryl methyl sites for hydroxylation is 1. The molecule has 1 aliphatic heterocycles. The smallest absolute Gasteiger partial charge is 0.317 e. The number of rotatable bonds is 4. The monoisotopic (exact) mass is 319 g/mol. The number of likely N-dealkylation sites (tertiary alicyclic amines) is 1. The lowest BCUT2D eigenvalue weighted by Gasteiger charge is -2.32. The topological polar surface area (TPSA) is 63.1 Å². The summed E-state index contributed by atoms with van der Waals surface area (Å²) in [4.78, 5) is 15.5. The molecule has 0 bridgehead atoms. The molecular formula is C15H21N5OS. The van der Waals surface area contributed by atoms with Gasteiger partial charge in [-0.05, 0) is 30.7 Å². The Labute approximate surface area is 134 Å². The fourth-order valence-electron chi connectivity index (χ4n) is 2.89. The zero-order valence-electron chi connectivity index (χ0n) is 12.7. The SMILES string of the molecule is Cn1cnnc1C1CCCN(C(=O)NCCc2cccs2)C1. The minimum atomic E-state index is 0.0309. The lowest BCUT2D eigenvalue weighted by molar-refractivity contribution is 0.178. The normalized spacial score (nSPS) is 18.4. The molecule has 0 aliphatic carbocycles. The predicted molar refractivity (Wildman–Crippen MR) is 86.0 cm³/mol. The van der Waals surface area contributed by atoms with Crippen LogP contribution in [0.5, 0.6) is 0 Å². The first kappa shape index (κ1) is 15.0. The van der Waals surface area contributed by atoms with E-state index in [2.05, 4.69) is 27.0 Å². The molecule has 2 aromatic rings. The molecule has 3 heterocycles. The fourth-order valence-corrected chi connectivity index (χ4v) is 3.60. The summed E-state index contributed by atoms with van der Waals surface area (Å²) in [5, 5.41) is 13.2. The van der Waals surface area contributed by atoms with Crippen molar-refractivity contribution < 1.29 is 4.79 Å². The molecule has 1 aliphatic rings. The second-order valence-corrected chi connectivity index (χ2v) is 6.68. The Morgan fingerprint density at radius 3 is 3.18 bits per heavy atom. The molecule has 1 unspecified atom stereocenters. The van der Waals surface area contributed by atoms with Gasteiger partial charge < -0.3 is 14.8 Å². The maximum Gasteiger partial charge on any atom is 0.317 e. The van der Waals surface area contributed by atoms with Crippen LogP contribution in [0.25, 0.3) is 0 Å². The molecule has 22 heavy (non-hydrogen) atoms. The molecule has 0 radical (unpaired) electrons. The maximum atomic E-state index is 12.3. The molecule has 0 aromatic carbocycles. The van der Waals surface area contributed by atoms with Crippen LogP contribution in [0.1, 0.15) is 29.5 Å². The first-order valence-electron chi connectivity index (χ1n) is 7.63. The van der Waals surface area contributed by atoms with Gasteiger partial charge in [0.2, 0.25) is 0 Å². The summed E-state index contributed by atoms with van der Waals surface area (Å²) in [7, 11) is 1.95. The van der Waals surface area contributed by atoms with E-state index in [0.29, 0.717) is 6.54 Å². The van der Waals surface area contributed by atoms with Crippen LogP contribution in [-0.2, 0) is 13.5 Å². The number of carbonyl (C=O) groups is 1. The van der Waals surface area contributed by atoms with Gasteiger partial charge in [-0.25, -0.2) is 4.79 Å². The molecule has 3 rings (SSSR count). The van der Waals surface area contributed by atoms with Crippen LogP contribution in [0.15, 0.2) is 23.8 Å². The predicted octanol–water partition coefficient (Wildman–Crippen LogP) is 2.01. The maximum absolute atomic E-state index is 12.3. The molecular weight excluding hydrogens is 298 g/mol. The number of thiophene rings is 1. The van der Waals surface area contributed by atoms with Gasteiger partial charge in [-0.3, -0.25) is 0 Å². The van der Waals surface area contributed by atoms with Crippen LogP contribution >= 0.6 is 11.3 Å². The van der Waals surface area contributed by atoms with Crippen LogP contribution in [0.3, 0.4) is 0 Å². The lowest BCUT2D eigenvalue weighted by Crippen LogP contribution is -2.45. The summed E-state index contributed by atoms with van der Waals surface area (Å²) in [6, 6.07) is 4.17. The third-order valence-corrected chi connectivity index (χ3v) is 4.98. The number of piperidine rings is 1. The molecule has 6 nitrogen and oxygen atoms in total. The van der Waals surface area contributed by atoms with Gasteiger partial charge in [0.1, 0.15) is 12.2 Å². The van der Waals surface area contributed by atoms with E-state index < -0.39 is 0 Å². The summed E-state index contributed by atoms with van der Waals surface area (Å²) in [5.74, 6) is 1.25. The lowest BCUT2D eigenvalue weighted by atomic mass is 9.97. The molecule has 2 amide bonds. The quantitative estimate of drug-likeness (QED) is 0.937. The number of hydrogen-bond acceptors (Lipinski definition) is 4. The Morgan fingerprint density at radius 2 is 2.45 bits per heavy atom. The van der Waals surface area contributed by atoms with Crippen molar-refractivity contribution in [1.29, 1.82) is 0 Å². The highest BCUT2D eigenvalue weighted by atomic mass is 32.1. The van der Waals surface area contributed by atoms with E-state index in [1.165, 1.54) is 4.88 Å². The molecule has 0 saturated carbocycles. The van der Waals surface area contributed by atoms with Gasteiger partial charge in [0.15, 0.2) is 0 Å². The molecule has 118 valence electrons. The zero-order chi connectivity index (χ0) is 15.4. The van der Waals surface area contributed by atoms with Gasteiger partial charge in [0.05, 0.1) is 0 Å². The Bertz CT molecular complexity index is 609. The molecule has 1 fully saturated rings. The standard InChI is InChI=1S/C15H21N5OS/c1-19-11-17-18-14(19)12-4-2-8-20(10-12)15(21)16-7-6-13-5-3-9-22-13/h3,5,9,11-12H,2,4,6-8,10H2,1H3,(H,16,21). The van der Waals surface area contributed by atoms with Crippen molar-refractivity contribution in [3.8, 4) is 0 Å². The van der Waals surface area contributed by atoms with Gasteiger partial charge in [0.25, 0.3) is 0 Å². The average molecular weight is 319 g/mol. The molecule has 1 saturated heterocycles. The molecule has 1 N–H and O–H groups in total. The van der Waals surface area contributed by atoms with Crippen molar-refractivity contribution in [2.45, 2.75) is 25.2 Å². The fraction of sp³-hybridized carbons (Fsp3) is 0.533. The Hall–Kier alpha value is -1.89. The summed E-state index contributed by atoms with van der Waals surface area (Å²) in [6.45, 7) is 2.22. The minimum absolute atomic E-state index is 0.0309. The van der Waals surface area contributed by atoms with Crippen molar-refractivity contribution in [2.24, 2.45) is 7.05 Å². The van der Waals surface area contributed by atoms with Crippen molar-refractivity contribution in [1.82, 2.24) is 25.0 Å². The van der Waals surface area contributed by atoms with Crippen LogP contribution in [0.2, 0.25) is 0 Å². The van der Waals surface area contributed by atoms with E-state index in [0.717, 1.165) is 38.2 Å².